The number of carbonyl (C=O) groups excluding carboxylic acids is 3. The molecule has 2 N–H and O–H groups in total. The van der Waals surface area contributed by atoms with Gasteiger partial charge in [-0.25, -0.2) is 8.42 Å². The van der Waals surface area contributed by atoms with Gasteiger partial charge in [-0.3, -0.25) is 14.4 Å². The van der Waals surface area contributed by atoms with E-state index in [4.69, 9.17) is 9.31 Å². The Balaban J connectivity index is 1.32. The Morgan fingerprint density at radius 2 is 1.63 bits per heavy atom. The van der Waals surface area contributed by atoms with Crippen molar-refractivity contribution < 1.29 is 32.1 Å². The quantitative estimate of drug-likeness (QED) is 0.177. The second-order valence-electron chi connectivity index (χ2n) is 15.7. The van der Waals surface area contributed by atoms with Gasteiger partial charge in [-0.1, -0.05) is 65.3 Å². The Morgan fingerprint density at radius 1 is 0.980 bits per heavy atom. The molecular formula is C38H53BN2O7S. The normalized spacial score (nSPS) is 25.2. The van der Waals surface area contributed by atoms with Gasteiger partial charge in [0.15, 0.2) is 15.6 Å². The number of hydrogen-bond donors (Lipinski definition) is 2. The Bertz CT molecular complexity index is 1630. The van der Waals surface area contributed by atoms with Crippen LogP contribution in [-0.2, 0) is 30.4 Å². The Hall–Kier alpha value is -3.02. The van der Waals surface area contributed by atoms with Crippen LogP contribution >= 0.6 is 0 Å². The number of amides is 2. The van der Waals surface area contributed by atoms with Gasteiger partial charge in [-0.15, -0.1) is 0 Å². The first-order valence-electron chi connectivity index (χ1n) is 17.9. The van der Waals surface area contributed by atoms with Crippen molar-refractivity contribution in [3.8, 4) is 0 Å². The van der Waals surface area contributed by atoms with Crippen LogP contribution in [0.15, 0.2) is 53.4 Å². The van der Waals surface area contributed by atoms with Crippen LogP contribution in [0.25, 0.3) is 0 Å². The Kier molecular flexibility index (Phi) is 11.2. The molecule has 6 rings (SSSR count). The van der Waals surface area contributed by atoms with Gasteiger partial charge >= 0.3 is 7.12 Å². The molecule has 2 bridgehead atoms. The van der Waals surface area contributed by atoms with Crippen LogP contribution in [0.1, 0.15) is 106 Å². The van der Waals surface area contributed by atoms with Crippen molar-refractivity contribution >= 4 is 34.6 Å². The predicted molar refractivity (Wildman–Crippen MR) is 191 cm³/mol. The van der Waals surface area contributed by atoms with E-state index in [0.717, 1.165) is 43.9 Å². The summed E-state index contributed by atoms with van der Waals surface area (Å²) in [7, 11) is -4.04. The molecular weight excluding hydrogens is 639 g/mol. The molecule has 0 radical (unpaired) electrons. The molecule has 1 aliphatic heterocycles. The highest BCUT2D eigenvalue weighted by Gasteiger charge is 2.68. The molecule has 9 nitrogen and oxygen atoms in total. The molecule has 2 aromatic carbocycles. The smallest absolute Gasteiger partial charge is 0.404 e. The average molecular weight is 693 g/mol. The molecule has 1 heterocycles. The first-order valence-corrected chi connectivity index (χ1v) is 19.8. The summed E-state index contributed by atoms with van der Waals surface area (Å²) in [6.07, 6.45) is 6.73. The van der Waals surface area contributed by atoms with E-state index in [9.17, 15) is 22.8 Å². The minimum absolute atomic E-state index is 0.0353. The van der Waals surface area contributed by atoms with E-state index in [-0.39, 0.29) is 52.6 Å². The maximum atomic E-state index is 14.1. The third kappa shape index (κ3) is 8.15. The standard InChI is InChI=1S/C38H53BN2O7S/c1-8-9-10-25-11-13-26(14-12-25)31(42)20-28(23-40-35(43)27-15-17-30(18-16-27)49(7,45)46)36(44)41-34(19-24(2)3)39-47-33-22-29-21-32(37(29,4)5)38(33,6)48-39/h11-18,24,28-29,32-34H,8-10,19-23H2,1-7H3,(H,40,43)(H,41,44)/t28-,29+,32+,33+,34-,38-/m0/s1. The summed E-state index contributed by atoms with van der Waals surface area (Å²) in [4.78, 5) is 40.9. The number of benzene rings is 2. The van der Waals surface area contributed by atoms with Crippen LogP contribution in [0.5, 0.6) is 0 Å². The van der Waals surface area contributed by atoms with Crippen LogP contribution in [-0.4, -0.2) is 63.6 Å². The zero-order chi connectivity index (χ0) is 35.7. The van der Waals surface area contributed by atoms with E-state index in [1.807, 2.05) is 12.1 Å². The van der Waals surface area contributed by atoms with Gasteiger partial charge in [0.05, 0.1) is 28.5 Å². The molecule has 0 aromatic heterocycles. The molecule has 0 unspecified atom stereocenters. The lowest BCUT2D eigenvalue weighted by atomic mass is 9.43. The predicted octanol–water partition coefficient (Wildman–Crippen LogP) is 5.85. The second kappa shape index (κ2) is 14.7. The minimum Gasteiger partial charge on any atom is -0.404 e. The topological polar surface area (TPSA) is 128 Å². The van der Waals surface area contributed by atoms with Gasteiger partial charge in [0, 0.05) is 30.3 Å². The van der Waals surface area contributed by atoms with Crippen molar-refractivity contribution in [2.45, 2.75) is 109 Å². The number of aryl methyl sites for hydroxylation is 1. The number of Topliss-reactive ketones (excluding diaryl/α,β-unsaturated/α-hetero) is 1. The molecule has 2 amide bonds. The van der Waals surface area contributed by atoms with Gasteiger partial charge in [0.2, 0.25) is 5.91 Å². The number of nitrogens with one attached hydrogen (secondary N) is 2. The molecule has 11 heteroatoms. The molecule has 4 aliphatic rings. The summed E-state index contributed by atoms with van der Waals surface area (Å²) in [5, 5.41) is 6.00. The lowest BCUT2D eigenvalue weighted by molar-refractivity contribution is -0.199. The highest BCUT2D eigenvalue weighted by molar-refractivity contribution is 7.90. The zero-order valence-electron chi connectivity index (χ0n) is 30.1. The van der Waals surface area contributed by atoms with E-state index in [0.29, 0.717) is 23.8 Å². The summed E-state index contributed by atoms with van der Waals surface area (Å²) in [5.74, 6) is -1.11. The van der Waals surface area contributed by atoms with Crippen molar-refractivity contribution in [3.05, 3.63) is 65.2 Å². The fourth-order valence-electron chi connectivity index (χ4n) is 8.13. The van der Waals surface area contributed by atoms with Crippen molar-refractivity contribution in [3.63, 3.8) is 0 Å². The summed E-state index contributed by atoms with van der Waals surface area (Å²) in [6.45, 7) is 13.0. The Labute approximate surface area is 292 Å². The third-order valence-electron chi connectivity index (χ3n) is 11.3. The maximum Gasteiger partial charge on any atom is 0.481 e. The maximum absolute atomic E-state index is 14.1. The fourth-order valence-corrected chi connectivity index (χ4v) is 8.76. The van der Waals surface area contributed by atoms with Gasteiger partial charge in [-0.2, -0.15) is 0 Å². The number of unbranched alkanes of at least 4 members (excludes halogenated alkanes) is 1. The molecule has 266 valence electrons. The van der Waals surface area contributed by atoms with Crippen molar-refractivity contribution in [2.24, 2.45) is 29.1 Å². The summed E-state index contributed by atoms with van der Waals surface area (Å²) < 4.78 is 37.1. The second-order valence-corrected chi connectivity index (χ2v) is 17.7. The highest BCUT2D eigenvalue weighted by atomic mass is 32.2. The molecule has 2 aromatic rings. The number of rotatable bonds is 15. The molecule has 3 saturated carbocycles. The molecule has 0 spiro atoms. The van der Waals surface area contributed by atoms with Gasteiger partial charge in [0.1, 0.15) is 0 Å². The van der Waals surface area contributed by atoms with Crippen molar-refractivity contribution in [2.75, 3.05) is 12.8 Å². The van der Waals surface area contributed by atoms with E-state index < -0.39 is 40.3 Å². The molecule has 4 fully saturated rings. The minimum atomic E-state index is -3.42. The molecule has 3 aliphatic carbocycles. The van der Waals surface area contributed by atoms with Gasteiger partial charge in [0.25, 0.3) is 5.91 Å². The lowest BCUT2D eigenvalue weighted by Crippen LogP contribution is -2.65. The van der Waals surface area contributed by atoms with Crippen LogP contribution < -0.4 is 10.6 Å². The molecule has 1 saturated heterocycles. The van der Waals surface area contributed by atoms with E-state index in [2.05, 4.69) is 52.2 Å². The van der Waals surface area contributed by atoms with Gasteiger partial charge in [-0.05, 0) is 92.0 Å². The summed E-state index contributed by atoms with van der Waals surface area (Å²) in [6, 6.07) is 13.2. The Morgan fingerprint density at radius 3 is 2.22 bits per heavy atom. The van der Waals surface area contributed by atoms with Crippen molar-refractivity contribution in [1.82, 2.24) is 10.6 Å². The average Bonchev–Trinajstić information content (AvgIpc) is 3.42. The van der Waals surface area contributed by atoms with Crippen LogP contribution in [0, 0.1) is 29.1 Å². The van der Waals surface area contributed by atoms with Crippen LogP contribution in [0.2, 0.25) is 0 Å². The summed E-state index contributed by atoms with van der Waals surface area (Å²) in [5.41, 5.74) is 1.68. The van der Waals surface area contributed by atoms with Crippen molar-refractivity contribution in [1.29, 1.82) is 0 Å². The van der Waals surface area contributed by atoms with E-state index in [1.54, 1.807) is 12.1 Å². The highest BCUT2D eigenvalue weighted by Crippen LogP contribution is 2.65. The molecule has 49 heavy (non-hydrogen) atoms. The van der Waals surface area contributed by atoms with E-state index in [1.165, 1.54) is 24.3 Å². The lowest BCUT2D eigenvalue weighted by Gasteiger charge is -2.64. The zero-order valence-corrected chi connectivity index (χ0v) is 30.9. The van der Waals surface area contributed by atoms with Crippen LogP contribution in [0.3, 0.4) is 0 Å². The first kappa shape index (κ1) is 37.2. The third-order valence-corrected chi connectivity index (χ3v) is 12.4. The van der Waals surface area contributed by atoms with E-state index >= 15 is 0 Å². The number of hydrogen-bond acceptors (Lipinski definition) is 7. The number of carbonyl (C=O) groups is 3. The monoisotopic (exact) mass is 692 g/mol. The SMILES string of the molecule is CCCCc1ccc(C(=O)C[C@@H](CNC(=O)c2ccc(S(C)(=O)=O)cc2)C(=O)N[C@@H](CC(C)C)B2O[C@@H]3C[C@H]4C[C@H](C4(C)C)[C@]3(C)O2)cc1. The first-order chi connectivity index (χ1) is 23.0. The van der Waals surface area contributed by atoms with Gasteiger partial charge < -0.3 is 19.9 Å². The fraction of sp³-hybridized carbons (Fsp3) is 0.605. The van der Waals surface area contributed by atoms with Crippen LogP contribution in [0.4, 0.5) is 0 Å². The summed E-state index contributed by atoms with van der Waals surface area (Å²) >= 11 is 0. The largest absolute Gasteiger partial charge is 0.481 e. The molecule has 6 atom stereocenters. The number of sulfone groups is 1. The number of ketones is 1.